The molecule has 0 bridgehead atoms. The van der Waals surface area contributed by atoms with Crippen molar-refractivity contribution in [1.29, 1.82) is 0 Å². The number of aromatic nitrogens is 2. The van der Waals surface area contributed by atoms with Crippen LogP contribution < -0.4 is 5.32 Å². The van der Waals surface area contributed by atoms with Crippen molar-refractivity contribution in [3.05, 3.63) is 11.3 Å². The third-order valence-corrected chi connectivity index (χ3v) is 3.38. The Hall–Kier alpha value is -1.85. The van der Waals surface area contributed by atoms with Gasteiger partial charge in [0.15, 0.2) is 5.82 Å². The lowest BCUT2D eigenvalue weighted by Crippen LogP contribution is -2.25. The Labute approximate surface area is 105 Å². The molecular weight excluding hydrogens is 234 g/mol. The number of carboxylic acids is 1. The van der Waals surface area contributed by atoms with Crippen molar-refractivity contribution in [1.82, 2.24) is 10.2 Å². The average molecular weight is 251 g/mol. The van der Waals surface area contributed by atoms with Gasteiger partial charge in [0.1, 0.15) is 5.56 Å². The van der Waals surface area contributed by atoms with Gasteiger partial charge in [-0.25, -0.2) is 4.79 Å². The fraction of sp³-hybridized carbons (Fsp3) is 0.583. The fourth-order valence-corrected chi connectivity index (χ4v) is 2.36. The predicted molar refractivity (Wildman–Crippen MR) is 65.5 cm³/mol. The molecule has 1 heterocycles. The second-order valence-electron chi connectivity index (χ2n) is 4.70. The fourth-order valence-electron chi connectivity index (χ4n) is 2.36. The zero-order chi connectivity index (χ0) is 13.1. The van der Waals surface area contributed by atoms with E-state index in [2.05, 4.69) is 15.5 Å². The summed E-state index contributed by atoms with van der Waals surface area (Å²) in [5.74, 6) is -1.10. The molecule has 3 N–H and O–H groups in total. The Morgan fingerprint density at radius 3 is 2.61 bits per heavy atom. The molecule has 0 aliphatic heterocycles. The molecule has 1 aromatic rings. The Kier molecular flexibility index (Phi) is 3.64. The lowest BCUT2D eigenvalue weighted by molar-refractivity contribution is -0.120. The number of hydrogen-bond donors (Lipinski definition) is 3. The second-order valence-corrected chi connectivity index (χ2v) is 4.70. The number of aromatic carboxylic acids is 1. The van der Waals surface area contributed by atoms with Crippen molar-refractivity contribution >= 4 is 17.7 Å². The number of aromatic amines is 1. The molecule has 0 atom stereocenters. The zero-order valence-electron chi connectivity index (χ0n) is 10.3. The number of H-pyrrole nitrogens is 1. The molecule has 0 aromatic carbocycles. The first-order chi connectivity index (χ1) is 8.59. The largest absolute Gasteiger partial charge is 0.477 e. The van der Waals surface area contributed by atoms with E-state index in [0.717, 1.165) is 25.7 Å². The summed E-state index contributed by atoms with van der Waals surface area (Å²) in [6.07, 6.45) is 5.04. The highest BCUT2D eigenvalue weighted by molar-refractivity contribution is 6.00. The van der Waals surface area contributed by atoms with Gasteiger partial charge in [0.25, 0.3) is 0 Å². The Morgan fingerprint density at radius 1 is 1.33 bits per heavy atom. The van der Waals surface area contributed by atoms with E-state index < -0.39 is 5.97 Å². The number of hydrogen-bond acceptors (Lipinski definition) is 3. The molecule has 6 nitrogen and oxygen atoms in total. The van der Waals surface area contributed by atoms with Crippen LogP contribution in [-0.2, 0) is 4.79 Å². The number of carbonyl (C=O) groups is 2. The third-order valence-electron chi connectivity index (χ3n) is 3.38. The van der Waals surface area contributed by atoms with Gasteiger partial charge in [-0.1, -0.05) is 19.3 Å². The summed E-state index contributed by atoms with van der Waals surface area (Å²) < 4.78 is 0. The van der Waals surface area contributed by atoms with E-state index >= 15 is 0 Å². The maximum Gasteiger partial charge on any atom is 0.341 e. The van der Waals surface area contributed by atoms with Crippen molar-refractivity contribution in [3.8, 4) is 0 Å². The molecule has 1 amide bonds. The highest BCUT2D eigenvalue weighted by atomic mass is 16.4. The number of carboxylic acid groups (broad SMARTS) is 1. The number of anilines is 1. The first-order valence-corrected chi connectivity index (χ1v) is 6.18. The number of nitrogens with one attached hydrogen (secondary N) is 2. The number of nitrogens with zero attached hydrogens (tertiary/aromatic N) is 1. The predicted octanol–water partition coefficient (Wildman–Crippen LogP) is 1.94. The van der Waals surface area contributed by atoms with Crippen LogP contribution in [0.15, 0.2) is 0 Å². The van der Waals surface area contributed by atoms with Gasteiger partial charge in [0, 0.05) is 11.6 Å². The van der Waals surface area contributed by atoms with Crippen LogP contribution in [0.4, 0.5) is 5.82 Å². The van der Waals surface area contributed by atoms with E-state index in [1.165, 1.54) is 6.42 Å². The first kappa shape index (κ1) is 12.6. The maximum atomic E-state index is 12.0. The topological polar surface area (TPSA) is 95.1 Å². The van der Waals surface area contributed by atoms with Crippen molar-refractivity contribution < 1.29 is 14.7 Å². The van der Waals surface area contributed by atoms with Crippen LogP contribution >= 0.6 is 0 Å². The molecule has 98 valence electrons. The molecule has 2 rings (SSSR count). The van der Waals surface area contributed by atoms with Crippen LogP contribution in [0.25, 0.3) is 0 Å². The molecule has 0 spiro atoms. The molecule has 0 saturated heterocycles. The third kappa shape index (κ3) is 2.52. The van der Waals surface area contributed by atoms with E-state index in [1.807, 2.05) is 0 Å². The summed E-state index contributed by atoms with van der Waals surface area (Å²) >= 11 is 0. The minimum Gasteiger partial charge on any atom is -0.477 e. The highest BCUT2D eigenvalue weighted by Gasteiger charge is 2.24. The smallest absolute Gasteiger partial charge is 0.341 e. The zero-order valence-corrected chi connectivity index (χ0v) is 10.3. The number of rotatable bonds is 3. The van der Waals surface area contributed by atoms with Crippen molar-refractivity contribution in [2.75, 3.05) is 5.32 Å². The van der Waals surface area contributed by atoms with Gasteiger partial charge in [-0.15, -0.1) is 0 Å². The first-order valence-electron chi connectivity index (χ1n) is 6.18. The molecule has 1 aliphatic rings. The van der Waals surface area contributed by atoms with E-state index in [-0.39, 0.29) is 23.2 Å². The molecule has 18 heavy (non-hydrogen) atoms. The van der Waals surface area contributed by atoms with E-state index in [4.69, 9.17) is 5.11 Å². The molecule has 0 radical (unpaired) electrons. The maximum absolute atomic E-state index is 12.0. The standard InChI is InChI=1S/C12H17N3O3/c1-7-9(12(17)18)10(15-14-7)13-11(16)8-5-3-2-4-6-8/h8H,2-6H2,1H3,(H,17,18)(H2,13,14,15,16). The van der Waals surface area contributed by atoms with Crippen molar-refractivity contribution in [2.24, 2.45) is 5.92 Å². The molecule has 1 fully saturated rings. The van der Waals surface area contributed by atoms with Gasteiger partial charge < -0.3 is 10.4 Å². The molecular formula is C12H17N3O3. The van der Waals surface area contributed by atoms with Crippen LogP contribution in [0.5, 0.6) is 0 Å². The Bertz CT molecular complexity index is 461. The molecule has 1 aromatic heterocycles. The van der Waals surface area contributed by atoms with Crippen LogP contribution in [0, 0.1) is 12.8 Å². The van der Waals surface area contributed by atoms with Gasteiger partial charge in [-0.3, -0.25) is 9.89 Å². The quantitative estimate of drug-likeness (QED) is 0.765. The minimum atomic E-state index is -1.08. The Balaban J connectivity index is 2.09. The van der Waals surface area contributed by atoms with E-state index in [0.29, 0.717) is 5.69 Å². The normalized spacial score (nSPS) is 16.5. The molecule has 6 heteroatoms. The SMILES string of the molecule is Cc1[nH]nc(NC(=O)C2CCCCC2)c1C(=O)O. The van der Waals surface area contributed by atoms with E-state index in [9.17, 15) is 9.59 Å². The van der Waals surface area contributed by atoms with Crippen molar-refractivity contribution in [2.45, 2.75) is 39.0 Å². The van der Waals surface area contributed by atoms with Gasteiger partial charge in [-0.05, 0) is 19.8 Å². The Morgan fingerprint density at radius 2 is 2.00 bits per heavy atom. The van der Waals surface area contributed by atoms with Crippen molar-refractivity contribution in [3.63, 3.8) is 0 Å². The molecule has 1 saturated carbocycles. The van der Waals surface area contributed by atoms with Crippen LogP contribution in [0.3, 0.4) is 0 Å². The van der Waals surface area contributed by atoms with Crippen LogP contribution in [-0.4, -0.2) is 27.2 Å². The molecule has 1 aliphatic carbocycles. The summed E-state index contributed by atoms with van der Waals surface area (Å²) in [5, 5.41) is 18.1. The van der Waals surface area contributed by atoms with Gasteiger partial charge in [-0.2, -0.15) is 5.10 Å². The van der Waals surface area contributed by atoms with Gasteiger partial charge >= 0.3 is 5.97 Å². The second kappa shape index (κ2) is 5.20. The van der Waals surface area contributed by atoms with Gasteiger partial charge in [0.05, 0.1) is 0 Å². The summed E-state index contributed by atoms with van der Waals surface area (Å²) in [6, 6.07) is 0. The summed E-state index contributed by atoms with van der Waals surface area (Å²) in [7, 11) is 0. The number of amides is 1. The van der Waals surface area contributed by atoms with E-state index in [1.54, 1.807) is 6.92 Å². The van der Waals surface area contributed by atoms with Crippen LogP contribution in [0.2, 0.25) is 0 Å². The average Bonchev–Trinajstić information content (AvgIpc) is 2.71. The highest BCUT2D eigenvalue weighted by Crippen LogP contribution is 2.25. The summed E-state index contributed by atoms with van der Waals surface area (Å²) in [4.78, 5) is 23.0. The molecule has 0 unspecified atom stereocenters. The monoisotopic (exact) mass is 251 g/mol. The summed E-state index contributed by atoms with van der Waals surface area (Å²) in [5.41, 5.74) is 0.487. The van der Waals surface area contributed by atoms with Gasteiger partial charge in [0.2, 0.25) is 5.91 Å². The van der Waals surface area contributed by atoms with Crippen LogP contribution in [0.1, 0.15) is 48.2 Å². The minimum absolute atomic E-state index is 0.0163. The lowest BCUT2D eigenvalue weighted by Gasteiger charge is -2.20. The number of aryl methyl sites for hydroxylation is 1. The summed E-state index contributed by atoms with van der Waals surface area (Å²) in [6.45, 7) is 1.62. The number of carbonyl (C=O) groups excluding carboxylic acids is 1. The lowest BCUT2D eigenvalue weighted by atomic mass is 9.88.